The number of ether oxygens (including phenoxy) is 2. The van der Waals surface area contributed by atoms with Crippen LogP contribution in [0.25, 0.3) is 11.3 Å². The Morgan fingerprint density at radius 1 is 1.17 bits per heavy atom. The largest absolute Gasteiger partial charge is 0.497 e. The molecule has 0 fully saturated rings. The lowest BCUT2D eigenvalue weighted by atomic mass is 10.0. The van der Waals surface area contributed by atoms with Crippen molar-refractivity contribution in [2.24, 2.45) is 5.92 Å². The number of nitrogens with one attached hydrogen (secondary N) is 1. The number of methoxy groups -OCH3 is 2. The molecule has 1 amide bonds. The molecule has 9 heteroatoms. The Bertz CT molecular complexity index is 1210. The van der Waals surface area contributed by atoms with Crippen LogP contribution >= 0.6 is 11.3 Å². The first-order chi connectivity index (χ1) is 17.3. The molecule has 1 atom stereocenters. The predicted octanol–water partition coefficient (Wildman–Crippen LogP) is 4.86. The van der Waals surface area contributed by atoms with Crippen LogP contribution in [-0.2, 0) is 11.3 Å². The van der Waals surface area contributed by atoms with Crippen molar-refractivity contribution in [3.63, 3.8) is 0 Å². The maximum absolute atomic E-state index is 12.5. The number of carbonyl (C=O) groups is 2. The fourth-order valence-corrected chi connectivity index (χ4v) is 4.47. The molecule has 3 aromatic rings. The standard InChI is InChI=1S/C27H31N3O5S/c1-6-13-30(27-28-22(16-36-27)21-14-20(34-4)11-12-23(21)35-5)15-18-7-9-19(10-8-18)25(31)29-24(17(2)3)26(32)33/h6-12,14,16-17,24H,1,13,15H2,2-5H3,(H,29,31)(H,32,33). The number of thiazole rings is 1. The zero-order valence-electron chi connectivity index (χ0n) is 20.9. The van der Waals surface area contributed by atoms with Crippen molar-refractivity contribution in [2.45, 2.75) is 26.4 Å². The van der Waals surface area contributed by atoms with Gasteiger partial charge in [-0.15, -0.1) is 17.9 Å². The summed E-state index contributed by atoms with van der Waals surface area (Å²) >= 11 is 1.52. The van der Waals surface area contributed by atoms with Crippen LogP contribution in [0.3, 0.4) is 0 Å². The molecular formula is C27H31N3O5S. The Labute approximate surface area is 215 Å². The van der Waals surface area contributed by atoms with E-state index in [-0.39, 0.29) is 5.92 Å². The van der Waals surface area contributed by atoms with Gasteiger partial charge in [0.1, 0.15) is 17.5 Å². The third-order valence-corrected chi connectivity index (χ3v) is 6.50. The van der Waals surface area contributed by atoms with Crippen LogP contribution in [0.15, 0.2) is 60.5 Å². The van der Waals surface area contributed by atoms with Gasteiger partial charge in [-0.3, -0.25) is 4.79 Å². The van der Waals surface area contributed by atoms with E-state index in [2.05, 4.69) is 16.8 Å². The lowest BCUT2D eigenvalue weighted by Gasteiger charge is -2.21. The number of carbonyl (C=O) groups excluding carboxylic acids is 1. The van der Waals surface area contributed by atoms with Gasteiger partial charge < -0.3 is 24.8 Å². The highest BCUT2D eigenvalue weighted by Crippen LogP contribution is 2.36. The molecule has 0 aliphatic carbocycles. The molecule has 2 N–H and O–H groups in total. The van der Waals surface area contributed by atoms with Gasteiger partial charge in [-0.1, -0.05) is 32.1 Å². The molecular weight excluding hydrogens is 478 g/mol. The van der Waals surface area contributed by atoms with E-state index in [1.165, 1.54) is 11.3 Å². The SMILES string of the molecule is C=CCN(Cc1ccc(C(=O)NC(C(=O)O)C(C)C)cc1)c1nc(-c2cc(OC)ccc2OC)cs1. The summed E-state index contributed by atoms with van der Waals surface area (Å²) in [6.45, 7) is 8.52. The molecule has 1 heterocycles. The molecule has 0 spiro atoms. The molecule has 3 rings (SSSR count). The average Bonchev–Trinajstić information content (AvgIpc) is 3.36. The Kier molecular flexibility index (Phi) is 9.08. The number of carboxylic acid groups (broad SMARTS) is 1. The highest BCUT2D eigenvalue weighted by molar-refractivity contribution is 7.14. The summed E-state index contributed by atoms with van der Waals surface area (Å²) < 4.78 is 10.9. The van der Waals surface area contributed by atoms with Crippen LogP contribution in [0.5, 0.6) is 11.5 Å². The van der Waals surface area contributed by atoms with Crippen molar-refractivity contribution in [1.82, 2.24) is 10.3 Å². The summed E-state index contributed by atoms with van der Waals surface area (Å²) in [6, 6.07) is 11.8. The number of aliphatic carboxylic acids is 1. The molecule has 0 aliphatic rings. The van der Waals surface area contributed by atoms with Crippen LogP contribution in [-0.4, -0.2) is 48.8 Å². The normalized spacial score (nSPS) is 11.6. The van der Waals surface area contributed by atoms with Crippen LogP contribution in [0.1, 0.15) is 29.8 Å². The Morgan fingerprint density at radius 3 is 2.47 bits per heavy atom. The lowest BCUT2D eigenvalue weighted by molar-refractivity contribution is -0.140. The minimum Gasteiger partial charge on any atom is -0.497 e. The van der Waals surface area contributed by atoms with Crippen LogP contribution in [0.2, 0.25) is 0 Å². The minimum absolute atomic E-state index is 0.224. The molecule has 0 saturated heterocycles. The summed E-state index contributed by atoms with van der Waals surface area (Å²) in [4.78, 5) is 30.8. The van der Waals surface area contributed by atoms with E-state index in [1.54, 1.807) is 40.2 Å². The molecule has 2 aromatic carbocycles. The average molecular weight is 510 g/mol. The van der Waals surface area contributed by atoms with Crippen LogP contribution < -0.4 is 19.7 Å². The van der Waals surface area contributed by atoms with Gasteiger partial charge in [-0.25, -0.2) is 9.78 Å². The predicted molar refractivity (Wildman–Crippen MR) is 142 cm³/mol. The van der Waals surface area contributed by atoms with Crippen molar-refractivity contribution in [1.29, 1.82) is 0 Å². The number of aromatic nitrogens is 1. The van der Waals surface area contributed by atoms with Crippen molar-refractivity contribution in [3.05, 3.63) is 71.6 Å². The second-order valence-corrected chi connectivity index (χ2v) is 9.32. The highest BCUT2D eigenvalue weighted by atomic mass is 32.1. The number of carboxylic acids is 1. The van der Waals surface area contributed by atoms with E-state index in [4.69, 9.17) is 14.5 Å². The summed E-state index contributed by atoms with van der Waals surface area (Å²) in [6.07, 6.45) is 1.81. The molecule has 0 bridgehead atoms. The number of hydrogen-bond acceptors (Lipinski definition) is 7. The lowest BCUT2D eigenvalue weighted by Crippen LogP contribution is -2.44. The minimum atomic E-state index is -1.05. The van der Waals surface area contributed by atoms with Gasteiger partial charge in [0.2, 0.25) is 0 Å². The fourth-order valence-electron chi connectivity index (χ4n) is 3.63. The Hall–Kier alpha value is -3.85. The van der Waals surface area contributed by atoms with Gasteiger partial charge in [0.25, 0.3) is 5.91 Å². The summed E-state index contributed by atoms with van der Waals surface area (Å²) in [5.74, 6) is -0.264. The van der Waals surface area contributed by atoms with E-state index in [9.17, 15) is 14.7 Å². The van der Waals surface area contributed by atoms with Gasteiger partial charge in [0, 0.05) is 29.6 Å². The number of anilines is 1. The summed E-state index contributed by atoms with van der Waals surface area (Å²) in [7, 11) is 3.24. The summed E-state index contributed by atoms with van der Waals surface area (Å²) in [5.41, 5.74) is 3.00. The molecule has 36 heavy (non-hydrogen) atoms. The first-order valence-electron chi connectivity index (χ1n) is 11.4. The molecule has 1 unspecified atom stereocenters. The molecule has 190 valence electrons. The molecule has 1 aromatic heterocycles. The number of benzene rings is 2. The van der Waals surface area contributed by atoms with Gasteiger partial charge >= 0.3 is 5.97 Å². The Balaban J connectivity index is 1.77. The van der Waals surface area contributed by atoms with Crippen LogP contribution in [0.4, 0.5) is 5.13 Å². The van der Waals surface area contributed by atoms with Crippen LogP contribution in [0, 0.1) is 5.92 Å². The van der Waals surface area contributed by atoms with E-state index in [0.717, 1.165) is 27.7 Å². The van der Waals surface area contributed by atoms with Crippen molar-refractivity contribution < 1.29 is 24.2 Å². The van der Waals surface area contributed by atoms with Crippen molar-refractivity contribution in [2.75, 3.05) is 25.7 Å². The zero-order valence-corrected chi connectivity index (χ0v) is 21.7. The quantitative estimate of drug-likeness (QED) is 0.336. The molecule has 0 radical (unpaired) electrons. The second-order valence-electron chi connectivity index (χ2n) is 8.48. The Morgan fingerprint density at radius 2 is 1.89 bits per heavy atom. The van der Waals surface area contributed by atoms with Crippen molar-refractivity contribution in [3.8, 4) is 22.8 Å². The van der Waals surface area contributed by atoms with E-state index in [0.29, 0.717) is 24.4 Å². The number of nitrogens with zero attached hydrogens (tertiary/aromatic N) is 2. The summed E-state index contributed by atoms with van der Waals surface area (Å²) in [5, 5.41) is 14.7. The maximum Gasteiger partial charge on any atom is 0.326 e. The monoisotopic (exact) mass is 509 g/mol. The third kappa shape index (κ3) is 6.42. The van der Waals surface area contributed by atoms with Gasteiger partial charge in [-0.05, 0) is 41.8 Å². The first-order valence-corrected chi connectivity index (χ1v) is 12.3. The molecule has 0 aliphatic heterocycles. The van der Waals surface area contributed by atoms with E-state index in [1.807, 2.05) is 41.8 Å². The van der Waals surface area contributed by atoms with Gasteiger partial charge in [0.15, 0.2) is 5.13 Å². The smallest absolute Gasteiger partial charge is 0.326 e. The van der Waals surface area contributed by atoms with E-state index < -0.39 is 17.9 Å². The van der Waals surface area contributed by atoms with E-state index >= 15 is 0 Å². The molecule has 0 saturated carbocycles. The number of amides is 1. The number of rotatable bonds is 12. The maximum atomic E-state index is 12.5. The number of hydrogen-bond donors (Lipinski definition) is 2. The topological polar surface area (TPSA) is 101 Å². The van der Waals surface area contributed by atoms with Gasteiger partial charge in [-0.2, -0.15) is 0 Å². The highest BCUT2D eigenvalue weighted by Gasteiger charge is 2.24. The van der Waals surface area contributed by atoms with Gasteiger partial charge in [0.05, 0.1) is 19.9 Å². The zero-order chi connectivity index (χ0) is 26.2. The second kappa shape index (κ2) is 12.2. The fraction of sp³-hybridized carbons (Fsp3) is 0.296. The first kappa shape index (κ1) is 26.7. The van der Waals surface area contributed by atoms with Crippen molar-refractivity contribution >= 4 is 28.3 Å². The third-order valence-electron chi connectivity index (χ3n) is 5.60. The molecule has 8 nitrogen and oxygen atoms in total.